The van der Waals surface area contributed by atoms with E-state index in [2.05, 4.69) is 29.5 Å². The molecule has 0 aromatic carbocycles. The van der Waals surface area contributed by atoms with Crippen LogP contribution in [-0.4, -0.2) is 17.8 Å². The third-order valence-electron chi connectivity index (χ3n) is 1.41. The second-order valence-corrected chi connectivity index (χ2v) is 2.59. The molecule has 0 fully saturated rings. The van der Waals surface area contributed by atoms with Gasteiger partial charge < -0.3 is 10.5 Å². The van der Waals surface area contributed by atoms with Gasteiger partial charge in [0, 0.05) is 17.8 Å². The Morgan fingerprint density at radius 1 is 1.69 bits per heavy atom. The van der Waals surface area contributed by atoms with E-state index < -0.39 is 0 Å². The third kappa shape index (κ3) is 2.56. The molecule has 68 valence electrons. The van der Waals surface area contributed by atoms with Crippen molar-refractivity contribution in [1.29, 1.82) is 0 Å². The molecule has 13 heavy (non-hydrogen) atoms. The van der Waals surface area contributed by atoms with Gasteiger partial charge in [0.15, 0.2) is 11.6 Å². The molecular formula is C9H10N2OS. The van der Waals surface area contributed by atoms with Crippen molar-refractivity contribution in [2.24, 2.45) is 0 Å². The number of rotatable bonds is 1. The monoisotopic (exact) mass is 194 g/mol. The van der Waals surface area contributed by atoms with E-state index >= 15 is 0 Å². The van der Waals surface area contributed by atoms with Gasteiger partial charge in [-0.15, -0.1) is 0 Å². The summed E-state index contributed by atoms with van der Waals surface area (Å²) in [7, 11) is 1.54. The van der Waals surface area contributed by atoms with Gasteiger partial charge in [-0.3, -0.25) is 0 Å². The van der Waals surface area contributed by atoms with Gasteiger partial charge in [-0.2, -0.15) is 12.6 Å². The number of nitrogens with two attached hydrogens (primary N) is 1. The predicted octanol–water partition coefficient (Wildman–Crippen LogP) is 0.954. The van der Waals surface area contributed by atoms with Crippen LogP contribution in [-0.2, 0) is 0 Å². The Labute approximate surface area is 82.7 Å². The summed E-state index contributed by atoms with van der Waals surface area (Å²) in [6.45, 7) is 0. The number of pyridine rings is 1. The number of anilines is 1. The number of hydrogen-bond donors (Lipinski definition) is 2. The van der Waals surface area contributed by atoms with Crippen LogP contribution in [0.1, 0.15) is 5.56 Å². The van der Waals surface area contributed by atoms with Crippen LogP contribution in [0.15, 0.2) is 12.3 Å². The Balaban J connectivity index is 2.99. The molecule has 1 aromatic heterocycles. The Morgan fingerprint density at radius 2 is 2.46 bits per heavy atom. The minimum absolute atomic E-state index is 0.374. The van der Waals surface area contributed by atoms with Crippen LogP contribution in [0.3, 0.4) is 0 Å². The van der Waals surface area contributed by atoms with Crippen LogP contribution < -0.4 is 10.5 Å². The highest BCUT2D eigenvalue weighted by Crippen LogP contribution is 2.18. The van der Waals surface area contributed by atoms with Gasteiger partial charge >= 0.3 is 0 Å². The van der Waals surface area contributed by atoms with E-state index in [1.54, 1.807) is 19.4 Å². The van der Waals surface area contributed by atoms with Crippen molar-refractivity contribution >= 4 is 18.4 Å². The SMILES string of the molecule is COc1cc(C#CCS)cnc1N. The largest absolute Gasteiger partial charge is 0.493 e. The van der Waals surface area contributed by atoms with E-state index in [9.17, 15) is 0 Å². The summed E-state index contributed by atoms with van der Waals surface area (Å²) in [5.74, 6) is 7.13. The maximum atomic E-state index is 5.53. The summed E-state index contributed by atoms with van der Waals surface area (Å²) in [6.07, 6.45) is 1.61. The number of ether oxygens (including phenoxy) is 1. The van der Waals surface area contributed by atoms with Gasteiger partial charge in [0.1, 0.15) is 0 Å². The Hall–Kier alpha value is -1.34. The standard InChI is InChI=1S/C9H10N2OS/c1-12-8-5-7(3-2-4-13)6-11-9(8)10/h5-6,13H,4H2,1H3,(H2,10,11). The highest BCUT2D eigenvalue weighted by atomic mass is 32.1. The fraction of sp³-hybridized carbons (Fsp3) is 0.222. The molecular weight excluding hydrogens is 184 g/mol. The van der Waals surface area contributed by atoms with Crippen molar-refractivity contribution in [3.05, 3.63) is 17.8 Å². The lowest BCUT2D eigenvalue weighted by molar-refractivity contribution is 0.415. The van der Waals surface area contributed by atoms with Crippen molar-refractivity contribution in [2.75, 3.05) is 18.6 Å². The van der Waals surface area contributed by atoms with Gasteiger partial charge in [-0.1, -0.05) is 11.8 Å². The number of nitrogens with zero attached hydrogens (tertiary/aromatic N) is 1. The van der Waals surface area contributed by atoms with Crippen molar-refractivity contribution in [2.45, 2.75) is 0 Å². The summed E-state index contributed by atoms with van der Waals surface area (Å²) in [6, 6.07) is 1.75. The lowest BCUT2D eigenvalue weighted by atomic mass is 10.3. The molecule has 0 saturated heterocycles. The van der Waals surface area contributed by atoms with Gasteiger partial charge in [0.25, 0.3) is 0 Å². The molecule has 0 aliphatic heterocycles. The van der Waals surface area contributed by atoms with Crippen LogP contribution >= 0.6 is 12.6 Å². The van der Waals surface area contributed by atoms with E-state index in [4.69, 9.17) is 10.5 Å². The number of hydrogen-bond acceptors (Lipinski definition) is 4. The summed E-state index contributed by atoms with van der Waals surface area (Å²) in [5.41, 5.74) is 6.31. The van der Waals surface area contributed by atoms with Gasteiger partial charge in [-0.25, -0.2) is 4.98 Å². The molecule has 4 heteroatoms. The summed E-state index contributed by atoms with van der Waals surface area (Å²) >= 11 is 3.97. The topological polar surface area (TPSA) is 48.1 Å². The molecule has 0 radical (unpaired) electrons. The van der Waals surface area contributed by atoms with E-state index in [1.807, 2.05) is 0 Å². The zero-order valence-corrected chi connectivity index (χ0v) is 8.14. The highest BCUT2D eigenvalue weighted by molar-refractivity contribution is 7.80. The smallest absolute Gasteiger partial charge is 0.166 e. The lowest BCUT2D eigenvalue weighted by Gasteiger charge is -2.02. The maximum Gasteiger partial charge on any atom is 0.166 e. The fourth-order valence-corrected chi connectivity index (χ4v) is 0.908. The summed E-state index contributed by atoms with van der Waals surface area (Å²) < 4.78 is 4.99. The average molecular weight is 194 g/mol. The molecule has 0 amide bonds. The van der Waals surface area contributed by atoms with E-state index in [-0.39, 0.29) is 0 Å². The van der Waals surface area contributed by atoms with Crippen LogP contribution in [0.2, 0.25) is 0 Å². The number of methoxy groups -OCH3 is 1. The Bertz CT molecular complexity index is 354. The molecule has 1 rings (SSSR count). The van der Waals surface area contributed by atoms with Crippen LogP contribution in [0.25, 0.3) is 0 Å². The molecule has 0 atom stereocenters. The first-order chi connectivity index (χ1) is 6.27. The second kappa shape index (κ2) is 4.63. The summed E-state index contributed by atoms with van der Waals surface area (Å²) in [5, 5.41) is 0. The third-order valence-corrected chi connectivity index (χ3v) is 1.57. The van der Waals surface area contributed by atoms with E-state index in [0.29, 0.717) is 17.3 Å². The number of nitrogen functional groups attached to an aromatic ring is 1. The first kappa shape index (κ1) is 9.75. The molecule has 0 unspecified atom stereocenters. The van der Waals surface area contributed by atoms with Gasteiger partial charge in [0.05, 0.1) is 12.9 Å². The molecule has 0 saturated carbocycles. The quantitative estimate of drug-likeness (QED) is 0.517. The van der Waals surface area contributed by atoms with Gasteiger partial charge in [-0.05, 0) is 0 Å². The number of aromatic nitrogens is 1. The molecule has 0 aliphatic carbocycles. The van der Waals surface area contributed by atoms with Crippen molar-refractivity contribution in [3.8, 4) is 17.6 Å². The van der Waals surface area contributed by atoms with E-state index in [0.717, 1.165) is 5.56 Å². The van der Waals surface area contributed by atoms with Crippen molar-refractivity contribution in [3.63, 3.8) is 0 Å². The van der Waals surface area contributed by atoms with Crippen molar-refractivity contribution in [1.82, 2.24) is 4.98 Å². The minimum Gasteiger partial charge on any atom is -0.493 e. The normalized spacial score (nSPS) is 8.77. The second-order valence-electron chi connectivity index (χ2n) is 2.27. The molecule has 0 aliphatic rings. The van der Waals surface area contributed by atoms with Crippen LogP contribution in [0.4, 0.5) is 5.82 Å². The molecule has 3 nitrogen and oxygen atoms in total. The molecule has 1 aromatic rings. The zero-order valence-electron chi connectivity index (χ0n) is 7.24. The highest BCUT2D eigenvalue weighted by Gasteiger charge is 1.99. The Morgan fingerprint density at radius 3 is 3.08 bits per heavy atom. The average Bonchev–Trinajstić information content (AvgIpc) is 2.16. The van der Waals surface area contributed by atoms with Crippen molar-refractivity contribution < 1.29 is 4.74 Å². The van der Waals surface area contributed by atoms with Crippen LogP contribution in [0.5, 0.6) is 5.75 Å². The van der Waals surface area contributed by atoms with Crippen LogP contribution in [0, 0.1) is 11.8 Å². The molecule has 0 spiro atoms. The zero-order chi connectivity index (χ0) is 9.68. The summed E-state index contributed by atoms with van der Waals surface area (Å²) in [4.78, 5) is 3.93. The maximum absolute atomic E-state index is 5.53. The fourth-order valence-electron chi connectivity index (χ4n) is 0.829. The minimum atomic E-state index is 0.374. The first-order valence-electron chi connectivity index (χ1n) is 3.67. The molecule has 0 bridgehead atoms. The Kier molecular flexibility index (Phi) is 3.47. The lowest BCUT2D eigenvalue weighted by Crippen LogP contribution is -1.95. The van der Waals surface area contributed by atoms with Gasteiger partial charge in [0.2, 0.25) is 0 Å². The van der Waals surface area contributed by atoms with E-state index in [1.165, 1.54) is 0 Å². The molecule has 2 N–H and O–H groups in total. The predicted molar refractivity (Wildman–Crippen MR) is 55.9 cm³/mol. The molecule has 1 heterocycles. The first-order valence-corrected chi connectivity index (χ1v) is 4.30. The number of thiol groups is 1.